The molecule has 0 saturated carbocycles. The van der Waals surface area contributed by atoms with Gasteiger partial charge in [-0.2, -0.15) is 0 Å². The smallest absolute Gasteiger partial charge is 0.234 e. The minimum Gasteiger partial charge on any atom is -0.489 e. The molecule has 29 heavy (non-hydrogen) atoms. The van der Waals surface area contributed by atoms with E-state index >= 15 is 0 Å². The lowest BCUT2D eigenvalue weighted by molar-refractivity contribution is 0.326. The van der Waals surface area contributed by atoms with Crippen molar-refractivity contribution in [2.24, 2.45) is 0 Å². The number of ether oxygens (including phenoxy) is 3. The van der Waals surface area contributed by atoms with Crippen molar-refractivity contribution in [1.29, 1.82) is 0 Å². The minimum absolute atomic E-state index is 0.446. The average molecular weight is 406 g/mol. The van der Waals surface area contributed by atoms with Crippen LogP contribution in [0.4, 0.5) is 5.69 Å². The fourth-order valence-electron chi connectivity index (χ4n) is 3.13. The van der Waals surface area contributed by atoms with Gasteiger partial charge in [-0.25, -0.2) is 9.97 Å². The molecule has 7 heteroatoms. The highest BCUT2D eigenvalue weighted by atomic mass is 35.5. The monoisotopic (exact) mass is 405 g/mol. The van der Waals surface area contributed by atoms with Crippen LogP contribution in [0.5, 0.6) is 28.9 Å². The summed E-state index contributed by atoms with van der Waals surface area (Å²) in [4.78, 5) is 8.65. The second kappa shape index (κ2) is 7.48. The summed E-state index contributed by atoms with van der Waals surface area (Å²) in [5, 5.41) is 4.73. The van der Waals surface area contributed by atoms with Crippen LogP contribution in [0.25, 0.3) is 10.9 Å². The van der Waals surface area contributed by atoms with Crippen molar-refractivity contribution >= 4 is 28.2 Å². The zero-order chi connectivity index (χ0) is 19.6. The third kappa shape index (κ3) is 3.62. The number of hydrogen-bond acceptors (Lipinski definition) is 6. The van der Waals surface area contributed by atoms with Crippen molar-refractivity contribution in [3.05, 3.63) is 72.0 Å². The fourth-order valence-corrected chi connectivity index (χ4v) is 3.25. The van der Waals surface area contributed by atoms with Crippen LogP contribution in [0, 0.1) is 0 Å². The average Bonchev–Trinajstić information content (AvgIpc) is 2.76. The fraction of sp³-hybridized carbons (Fsp3) is 0.0909. The van der Waals surface area contributed by atoms with E-state index in [4.69, 9.17) is 25.8 Å². The number of halogens is 1. The Hall–Kier alpha value is -3.51. The zero-order valence-corrected chi connectivity index (χ0v) is 16.0. The molecule has 0 amide bonds. The van der Waals surface area contributed by atoms with Gasteiger partial charge < -0.3 is 19.5 Å². The molecular weight excluding hydrogens is 390 g/mol. The Balaban J connectivity index is 1.41. The van der Waals surface area contributed by atoms with Crippen molar-refractivity contribution in [1.82, 2.24) is 9.97 Å². The van der Waals surface area contributed by atoms with E-state index in [2.05, 4.69) is 15.3 Å². The van der Waals surface area contributed by atoms with Gasteiger partial charge in [-0.05, 0) is 60.7 Å². The first-order valence-electron chi connectivity index (χ1n) is 9.12. The number of fused-ring (bicyclic) bond motifs is 3. The summed E-state index contributed by atoms with van der Waals surface area (Å²) in [6.07, 6.45) is 1.48. The maximum atomic E-state index is 6.05. The first-order valence-corrected chi connectivity index (χ1v) is 9.50. The highest BCUT2D eigenvalue weighted by Crippen LogP contribution is 2.40. The van der Waals surface area contributed by atoms with Gasteiger partial charge >= 0.3 is 0 Å². The summed E-state index contributed by atoms with van der Waals surface area (Å²) in [6, 6.07) is 18.4. The van der Waals surface area contributed by atoms with Crippen LogP contribution in [0.2, 0.25) is 5.02 Å². The van der Waals surface area contributed by atoms with Gasteiger partial charge in [0.25, 0.3) is 0 Å². The molecule has 0 saturated heterocycles. The van der Waals surface area contributed by atoms with Crippen LogP contribution in [-0.2, 0) is 0 Å². The third-order valence-electron chi connectivity index (χ3n) is 4.47. The maximum Gasteiger partial charge on any atom is 0.234 e. The van der Waals surface area contributed by atoms with Crippen molar-refractivity contribution in [3.63, 3.8) is 0 Å². The summed E-state index contributed by atoms with van der Waals surface area (Å²) in [5.74, 6) is 3.20. The molecule has 4 aromatic rings. The predicted octanol–water partition coefficient (Wildman–Crippen LogP) is 5.67. The molecule has 0 fully saturated rings. The molecular formula is C22H16ClN3O3. The lowest BCUT2D eigenvalue weighted by Crippen LogP contribution is -2.18. The van der Waals surface area contributed by atoms with Crippen LogP contribution in [0.15, 0.2) is 67.0 Å². The lowest BCUT2D eigenvalue weighted by atomic mass is 10.1. The molecule has 144 valence electrons. The van der Waals surface area contributed by atoms with E-state index in [-0.39, 0.29) is 0 Å². The van der Waals surface area contributed by atoms with Gasteiger partial charge in [0, 0.05) is 11.6 Å². The van der Waals surface area contributed by atoms with Crippen LogP contribution < -0.4 is 19.5 Å². The Kier molecular flexibility index (Phi) is 4.54. The second-order valence-electron chi connectivity index (χ2n) is 6.42. The van der Waals surface area contributed by atoms with Gasteiger partial charge in [0.1, 0.15) is 35.6 Å². The Morgan fingerprint density at radius 2 is 1.52 bits per heavy atom. The van der Waals surface area contributed by atoms with Gasteiger partial charge in [0.05, 0.1) is 11.2 Å². The maximum absolute atomic E-state index is 6.05. The molecule has 0 radical (unpaired) electrons. The van der Waals surface area contributed by atoms with Crippen molar-refractivity contribution in [2.75, 3.05) is 18.5 Å². The Morgan fingerprint density at radius 3 is 2.28 bits per heavy atom. The van der Waals surface area contributed by atoms with E-state index in [1.165, 1.54) is 6.33 Å². The van der Waals surface area contributed by atoms with Crippen LogP contribution in [0.1, 0.15) is 0 Å². The zero-order valence-electron chi connectivity index (χ0n) is 15.3. The van der Waals surface area contributed by atoms with E-state index < -0.39 is 0 Å². The summed E-state index contributed by atoms with van der Waals surface area (Å²) in [7, 11) is 0. The molecule has 1 aliphatic heterocycles. The Labute approximate surface area is 172 Å². The molecule has 6 nitrogen and oxygen atoms in total. The molecule has 0 aliphatic carbocycles. The number of anilines is 1. The summed E-state index contributed by atoms with van der Waals surface area (Å²) < 4.78 is 17.7. The van der Waals surface area contributed by atoms with Crippen LogP contribution in [-0.4, -0.2) is 23.1 Å². The summed E-state index contributed by atoms with van der Waals surface area (Å²) in [6.45, 7) is 1.34. The number of aromatic nitrogens is 2. The van der Waals surface area contributed by atoms with E-state index in [1.54, 1.807) is 12.1 Å². The molecule has 1 aliphatic rings. The highest BCUT2D eigenvalue weighted by Gasteiger charge is 2.18. The molecule has 0 unspecified atom stereocenters. The van der Waals surface area contributed by atoms with Gasteiger partial charge in [0.2, 0.25) is 5.88 Å². The van der Waals surface area contributed by atoms with Gasteiger partial charge in [0.15, 0.2) is 5.75 Å². The van der Waals surface area contributed by atoms with E-state index in [0.29, 0.717) is 40.5 Å². The van der Waals surface area contributed by atoms with Crippen LogP contribution >= 0.6 is 11.6 Å². The molecule has 0 atom stereocenters. The minimum atomic E-state index is 0.446. The SMILES string of the molecule is Clc1ccc(Oc2ccc(Oc3ncnc4ccc5c(c34)OCCN5)cc2)cc1. The van der Waals surface area contributed by atoms with Gasteiger partial charge in [-0.1, -0.05) is 11.6 Å². The molecule has 1 aromatic heterocycles. The van der Waals surface area contributed by atoms with Gasteiger partial charge in [-0.3, -0.25) is 0 Å². The number of hydrogen-bond donors (Lipinski definition) is 1. The number of nitrogens with one attached hydrogen (secondary N) is 1. The van der Waals surface area contributed by atoms with E-state index in [9.17, 15) is 0 Å². The molecule has 5 rings (SSSR count). The largest absolute Gasteiger partial charge is 0.489 e. The molecule has 0 bridgehead atoms. The number of rotatable bonds is 4. The topological polar surface area (TPSA) is 65.5 Å². The van der Waals surface area contributed by atoms with Crippen LogP contribution in [0.3, 0.4) is 0 Å². The predicted molar refractivity (Wildman–Crippen MR) is 112 cm³/mol. The summed E-state index contributed by atoms with van der Waals surface area (Å²) in [5.41, 5.74) is 1.68. The molecule has 0 spiro atoms. The standard InChI is InChI=1S/C22H16ClN3O3/c23-14-1-3-15(4-2-14)28-16-5-7-17(8-6-16)29-22-20-18(25-13-26-22)9-10-19-21(20)27-12-11-24-19/h1-10,13,24H,11-12H2. The first-order chi connectivity index (χ1) is 14.3. The molecule has 3 aromatic carbocycles. The first kappa shape index (κ1) is 17.6. The second-order valence-corrected chi connectivity index (χ2v) is 6.86. The van der Waals surface area contributed by atoms with E-state index in [0.717, 1.165) is 23.1 Å². The van der Waals surface area contributed by atoms with Crippen molar-refractivity contribution in [3.8, 4) is 28.9 Å². The third-order valence-corrected chi connectivity index (χ3v) is 4.72. The molecule has 2 heterocycles. The Morgan fingerprint density at radius 1 is 0.828 bits per heavy atom. The van der Waals surface area contributed by atoms with Crippen molar-refractivity contribution in [2.45, 2.75) is 0 Å². The Bertz CT molecular complexity index is 1160. The lowest BCUT2D eigenvalue weighted by Gasteiger charge is -2.21. The number of benzene rings is 3. The van der Waals surface area contributed by atoms with E-state index in [1.807, 2.05) is 48.5 Å². The highest BCUT2D eigenvalue weighted by molar-refractivity contribution is 6.30. The quantitative estimate of drug-likeness (QED) is 0.471. The molecule has 1 N–H and O–H groups in total. The van der Waals surface area contributed by atoms with Crippen molar-refractivity contribution < 1.29 is 14.2 Å². The normalized spacial score (nSPS) is 12.6. The van der Waals surface area contributed by atoms with Gasteiger partial charge in [-0.15, -0.1) is 0 Å². The summed E-state index contributed by atoms with van der Waals surface area (Å²) >= 11 is 5.90. The number of nitrogens with zero attached hydrogens (tertiary/aromatic N) is 2.